The van der Waals surface area contributed by atoms with Crippen molar-refractivity contribution >= 4 is 5.97 Å². The van der Waals surface area contributed by atoms with Gasteiger partial charge in [-0.25, -0.2) is 0 Å². The summed E-state index contributed by atoms with van der Waals surface area (Å²) in [6, 6.07) is 0. The lowest BCUT2D eigenvalue weighted by molar-refractivity contribution is -0.146. The quantitative estimate of drug-likeness (QED) is 0.305. The van der Waals surface area contributed by atoms with Crippen molar-refractivity contribution in [3.8, 4) is 0 Å². The maximum Gasteiger partial charge on any atom is 0.302 e. The summed E-state index contributed by atoms with van der Waals surface area (Å²) in [6.45, 7) is 11.6. The third kappa shape index (κ3) is 5.00. The van der Waals surface area contributed by atoms with Gasteiger partial charge in [-0.3, -0.25) is 4.79 Å². The largest absolute Gasteiger partial charge is 0.462 e. The second kappa shape index (κ2) is 10.2. The molecule has 0 aromatic rings. The molecule has 0 radical (unpaired) electrons. The van der Waals surface area contributed by atoms with Gasteiger partial charge < -0.3 is 4.74 Å². The van der Waals surface area contributed by atoms with E-state index in [1.165, 1.54) is 70.6 Å². The predicted molar refractivity (Wildman–Crippen MR) is 133 cm³/mol. The third-order valence-corrected chi connectivity index (χ3v) is 10.4. The van der Waals surface area contributed by atoms with Gasteiger partial charge in [0.15, 0.2) is 0 Å². The average molecular weight is 443 g/mol. The Morgan fingerprint density at radius 2 is 1.84 bits per heavy atom. The van der Waals surface area contributed by atoms with Crippen LogP contribution in [0.15, 0.2) is 11.6 Å². The lowest BCUT2D eigenvalue weighted by Crippen LogP contribution is -2.46. The van der Waals surface area contributed by atoms with E-state index in [0.29, 0.717) is 5.41 Å². The number of hydrogen-bond acceptors (Lipinski definition) is 2. The monoisotopic (exact) mass is 442 g/mol. The molecular weight excluding hydrogens is 392 g/mol. The zero-order valence-electron chi connectivity index (χ0n) is 21.7. The zero-order valence-corrected chi connectivity index (χ0v) is 21.7. The van der Waals surface area contributed by atoms with Crippen molar-refractivity contribution in [3.05, 3.63) is 11.6 Å². The number of allylic oxidation sites excluding steroid dienone is 1. The maximum absolute atomic E-state index is 11.6. The minimum Gasteiger partial charge on any atom is -0.462 e. The van der Waals surface area contributed by atoms with Gasteiger partial charge in [0.05, 0.1) is 0 Å². The molecule has 2 nitrogen and oxygen atoms in total. The van der Waals surface area contributed by atoms with Gasteiger partial charge in [-0.1, -0.05) is 65.0 Å². The van der Waals surface area contributed by atoms with Crippen LogP contribution in [0.25, 0.3) is 0 Å². The lowest BCUT2D eigenvalue weighted by Gasteiger charge is -2.54. The number of esters is 1. The van der Waals surface area contributed by atoms with E-state index in [2.05, 4.69) is 33.8 Å². The van der Waals surface area contributed by atoms with E-state index in [-0.39, 0.29) is 12.1 Å². The minimum atomic E-state index is -0.102. The molecule has 2 heteroatoms. The van der Waals surface area contributed by atoms with Crippen LogP contribution in [-0.2, 0) is 9.53 Å². The molecule has 0 aromatic carbocycles. The second-order valence-corrected chi connectivity index (χ2v) is 12.8. The Morgan fingerprint density at radius 1 is 1.06 bits per heavy atom. The zero-order chi connectivity index (χ0) is 22.9. The van der Waals surface area contributed by atoms with Gasteiger partial charge in [-0.15, -0.1) is 0 Å². The van der Waals surface area contributed by atoms with Crippen molar-refractivity contribution in [2.24, 2.45) is 46.8 Å². The Hall–Kier alpha value is -0.790. The first-order chi connectivity index (χ1) is 15.3. The molecule has 0 heterocycles. The van der Waals surface area contributed by atoms with Crippen LogP contribution in [0.4, 0.5) is 0 Å². The normalized spacial score (nSPS) is 40.4. The number of fused-ring (bicyclic) bond motifs is 5. The van der Waals surface area contributed by atoms with Crippen LogP contribution in [0.3, 0.4) is 0 Å². The Labute approximate surface area is 198 Å². The predicted octanol–water partition coefficient (Wildman–Crippen LogP) is 8.35. The summed E-state index contributed by atoms with van der Waals surface area (Å²) in [5.74, 6) is 6.07. The van der Waals surface area contributed by atoms with Gasteiger partial charge in [-0.2, -0.15) is 0 Å². The SMILES string of the molecule is CC(=O)O[C@H]1CCCC[C@@H]2C(=CCC3C2CC[C@@]2(C)C3CC[C@@H]2C(C)CCCC(C)C)C1. The summed E-state index contributed by atoms with van der Waals surface area (Å²) >= 11 is 0. The molecule has 0 spiro atoms. The number of carbonyl (C=O) groups excluding carboxylic acids is 1. The van der Waals surface area contributed by atoms with E-state index in [1.54, 1.807) is 12.5 Å². The highest BCUT2D eigenvalue weighted by molar-refractivity contribution is 5.66. The fourth-order valence-corrected chi connectivity index (χ4v) is 8.96. The molecule has 0 amide bonds. The molecule has 4 aliphatic rings. The van der Waals surface area contributed by atoms with Gasteiger partial charge in [0.25, 0.3) is 0 Å². The molecule has 0 aromatic heterocycles. The fourth-order valence-electron chi connectivity index (χ4n) is 8.96. The first-order valence-electron chi connectivity index (χ1n) is 14.2. The van der Waals surface area contributed by atoms with E-state index in [4.69, 9.17) is 4.74 Å². The summed E-state index contributed by atoms with van der Waals surface area (Å²) < 4.78 is 5.70. The number of ether oxygens (including phenoxy) is 1. The molecule has 4 aliphatic carbocycles. The molecule has 32 heavy (non-hydrogen) atoms. The van der Waals surface area contributed by atoms with Crippen molar-refractivity contribution in [1.82, 2.24) is 0 Å². The van der Waals surface area contributed by atoms with Crippen LogP contribution in [0, 0.1) is 46.8 Å². The molecule has 4 rings (SSSR count). The topological polar surface area (TPSA) is 26.3 Å². The summed E-state index contributed by atoms with van der Waals surface area (Å²) in [7, 11) is 0. The van der Waals surface area contributed by atoms with Crippen molar-refractivity contribution in [1.29, 1.82) is 0 Å². The number of hydrogen-bond donors (Lipinski definition) is 0. The van der Waals surface area contributed by atoms with Crippen molar-refractivity contribution in [2.45, 2.75) is 124 Å². The molecular formula is C30H50O2. The van der Waals surface area contributed by atoms with E-state index in [9.17, 15) is 4.79 Å². The highest BCUT2D eigenvalue weighted by atomic mass is 16.5. The van der Waals surface area contributed by atoms with Crippen molar-refractivity contribution < 1.29 is 9.53 Å². The standard InChI is InChI=1S/C30H50O2/c1-20(2)9-8-10-21(3)28-15-16-29-27-14-13-23-19-24(32-22(4)31)11-6-7-12-25(23)26(27)17-18-30(28,29)5/h13,20-21,24-29H,6-12,14-19H2,1-5H3/t21?,24-,25+,26?,27?,28+,29?,30+/m0/s1. The van der Waals surface area contributed by atoms with Crippen molar-refractivity contribution in [3.63, 3.8) is 0 Å². The molecule has 0 bridgehead atoms. The molecule has 0 N–H and O–H groups in total. The first-order valence-corrected chi connectivity index (χ1v) is 14.2. The second-order valence-electron chi connectivity index (χ2n) is 12.8. The molecule has 8 atom stereocenters. The van der Waals surface area contributed by atoms with Crippen LogP contribution in [0.5, 0.6) is 0 Å². The maximum atomic E-state index is 11.6. The first kappa shape index (κ1) is 24.3. The summed E-state index contributed by atoms with van der Waals surface area (Å²) in [5, 5.41) is 0. The number of rotatable bonds is 6. The minimum absolute atomic E-state index is 0.102. The molecule has 4 unspecified atom stereocenters. The van der Waals surface area contributed by atoms with Gasteiger partial charge in [0.1, 0.15) is 6.10 Å². The molecule has 0 aliphatic heterocycles. The van der Waals surface area contributed by atoms with Crippen LogP contribution in [0.2, 0.25) is 0 Å². The smallest absolute Gasteiger partial charge is 0.302 e. The molecule has 0 saturated heterocycles. The highest BCUT2D eigenvalue weighted by Gasteiger charge is 2.56. The van der Waals surface area contributed by atoms with Gasteiger partial charge in [0.2, 0.25) is 0 Å². The highest BCUT2D eigenvalue weighted by Crippen LogP contribution is 2.64. The van der Waals surface area contributed by atoms with Crippen LogP contribution < -0.4 is 0 Å². The average Bonchev–Trinajstić information content (AvgIpc) is 3.06. The Balaban J connectivity index is 1.45. The number of carbonyl (C=O) groups is 1. The van der Waals surface area contributed by atoms with Crippen LogP contribution in [0.1, 0.15) is 118 Å². The summed E-state index contributed by atoms with van der Waals surface area (Å²) in [6.07, 6.45) is 20.1. The molecule has 182 valence electrons. The fraction of sp³-hybridized carbons (Fsp3) is 0.900. The summed E-state index contributed by atoms with van der Waals surface area (Å²) in [4.78, 5) is 11.6. The Kier molecular flexibility index (Phi) is 7.78. The Bertz CT molecular complexity index is 678. The van der Waals surface area contributed by atoms with Crippen LogP contribution in [-0.4, -0.2) is 12.1 Å². The van der Waals surface area contributed by atoms with E-state index >= 15 is 0 Å². The third-order valence-electron chi connectivity index (χ3n) is 10.4. The van der Waals surface area contributed by atoms with Gasteiger partial charge in [0, 0.05) is 13.3 Å². The van der Waals surface area contributed by atoms with E-state index < -0.39 is 0 Å². The Morgan fingerprint density at radius 3 is 2.59 bits per heavy atom. The van der Waals surface area contributed by atoms with Crippen LogP contribution >= 0.6 is 0 Å². The summed E-state index contributed by atoms with van der Waals surface area (Å²) in [5.41, 5.74) is 2.23. The van der Waals surface area contributed by atoms with Gasteiger partial charge in [-0.05, 0) is 98.2 Å². The van der Waals surface area contributed by atoms with Gasteiger partial charge >= 0.3 is 5.97 Å². The molecule has 3 saturated carbocycles. The lowest BCUT2D eigenvalue weighted by atomic mass is 9.51. The van der Waals surface area contributed by atoms with E-state index in [0.717, 1.165) is 54.3 Å². The van der Waals surface area contributed by atoms with E-state index in [1.807, 2.05) is 0 Å². The van der Waals surface area contributed by atoms with Crippen molar-refractivity contribution in [2.75, 3.05) is 0 Å². The molecule has 3 fully saturated rings.